The molecule has 0 spiro atoms. The number of unbranched alkanes of at least 4 members (excludes halogenated alkanes) is 1. The third kappa shape index (κ3) is 3.03. The first-order valence-electron chi connectivity index (χ1n) is 5.20. The number of aryl methyl sites for hydroxylation is 2. The number of hydrogen-bond donors (Lipinski definition) is 3. The van der Waals surface area contributed by atoms with E-state index < -0.39 is 10.0 Å². The van der Waals surface area contributed by atoms with Crippen LogP contribution in [0.1, 0.15) is 24.2 Å². The SMILES string of the molecule is Cc1n[nH]c(C)c1S(=O)(=O)NCCCCN. The minimum atomic E-state index is -3.44. The minimum Gasteiger partial charge on any atom is -0.330 e. The van der Waals surface area contributed by atoms with Crippen LogP contribution in [-0.2, 0) is 10.0 Å². The van der Waals surface area contributed by atoms with E-state index in [-0.39, 0.29) is 4.90 Å². The monoisotopic (exact) mass is 246 g/mol. The molecule has 16 heavy (non-hydrogen) atoms. The van der Waals surface area contributed by atoms with Gasteiger partial charge in [0.2, 0.25) is 10.0 Å². The van der Waals surface area contributed by atoms with E-state index in [4.69, 9.17) is 5.73 Å². The lowest BCUT2D eigenvalue weighted by molar-refractivity contribution is 0.576. The molecular weight excluding hydrogens is 228 g/mol. The maximum absolute atomic E-state index is 11.9. The Hall–Kier alpha value is -0.920. The molecule has 0 aliphatic rings. The molecule has 0 aromatic carbocycles. The quantitative estimate of drug-likeness (QED) is 0.617. The zero-order valence-electron chi connectivity index (χ0n) is 9.58. The van der Waals surface area contributed by atoms with Crippen LogP contribution >= 0.6 is 0 Å². The predicted octanol–water partition coefficient (Wildman–Crippen LogP) is 0.0437. The van der Waals surface area contributed by atoms with Crippen molar-refractivity contribution in [1.29, 1.82) is 0 Å². The first-order chi connectivity index (χ1) is 7.49. The molecular formula is C9H18N4O2S. The number of hydrogen-bond acceptors (Lipinski definition) is 4. The van der Waals surface area contributed by atoms with Crippen molar-refractivity contribution in [3.63, 3.8) is 0 Å². The Morgan fingerprint density at radius 3 is 2.56 bits per heavy atom. The fourth-order valence-electron chi connectivity index (χ4n) is 1.48. The highest BCUT2D eigenvalue weighted by molar-refractivity contribution is 7.89. The summed E-state index contributed by atoms with van der Waals surface area (Å²) >= 11 is 0. The van der Waals surface area contributed by atoms with Crippen LogP contribution in [0.2, 0.25) is 0 Å². The van der Waals surface area contributed by atoms with Gasteiger partial charge < -0.3 is 5.73 Å². The Balaban J connectivity index is 2.71. The molecule has 1 rings (SSSR count). The van der Waals surface area contributed by atoms with Gasteiger partial charge in [0, 0.05) is 6.54 Å². The molecule has 1 aromatic rings. The van der Waals surface area contributed by atoms with Gasteiger partial charge in [-0.2, -0.15) is 5.10 Å². The molecule has 92 valence electrons. The van der Waals surface area contributed by atoms with Crippen molar-refractivity contribution in [1.82, 2.24) is 14.9 Å². The Kier molecular flexibility index (Phi) is 4.45. The lowest BCUT2D eigenvalue weighted by atomic mass is 10.3. The maximum Gasteiger partial charge on any atom is 0.244 e. The van der Waals surface area contributed by atoms with Crippen LogP contribution in [0.25, 0.3) is 0 Å². The summed E-state index contributed by atoms with van der Waals surface area (Å²) in [6, 6.07) is 0. The number of nitrogens with one attached hydrogen (secondary N) is 2. The number of nitrogens with zero attached hydrogens (tertiary/aromatic N) is 1. The van der Waals surface area contributed by atoms with E-state index in [1.165, 1.54) is 0 Å². The van der Waals surface area contributed by atoms with Gasteiger partial charge in [-0.15, -0.1) is 0 Å². The van der Waals surface area contributed by atoms with E-state index in [1.54, 1.807) is 13.8 Å². The summed E-state index contributed by atoms with van der Waals surface area (Å²) in [6.45, 7) is 4.33. The van der Waals surface area contributed by atoms with Crippen molar-refractivity contribution in [2.45, 2.75) is 31.6 Å². The van der Waals surface area contributed by atoms with E-state index in [1.807, 2.05) is 0 Å². The average molecular weight is 246 g/mol. The molecule has 7 heteroatoms. The number of aromatic nitrogens is 2. The molecule has 1 heterocycles. The zero-order chi connectivity index (χ0) is 12.2. The number of nitrogens with two attached hydrogens (primary N) is 1. The van der Waals surface area contributed by atoms with Gasteiger partial charge in [0.15, 0.2) is 0 Å². The Labute approximate surface area is 95.7 Å². The van der Waals surface area contributed by atoms with Gasteiger partial charge in [-0.05, 0) is 33.2 Å². The molecule has 0 amide bonds. The van der Waals surface area contributed by atoms with E-state index in [0.717, 1.165) is 12.8 Å². The third-order valence-electron chi connectivity index (χ3n) is 2.25. The summed E-state index contributed by atoms with van der Waals surface area (Å²) < 4.78 is 26.3. The molecule has 0 saturated heterocycles. The molecule has 0 fully saturated rings. The summed E-state index contributed by atoms with van der Waals surface area (Å²) in [5.41, 5.74) is 6.38. The summed E-state index contributed by atoms with van der Waals surface area (Å²) in [7, 11) is -3.44. The van der Waals surface area contributed by atoms with E-state index in [9.17, 15) is 8.42 Å². The van der Waals surface area contributed by atoms with E-state index >= 15 is 0 Å². The fraction of sp³-hybridized carbons (Fsp3) is 0.667. The highest BCUT2D eigenvalue weighted by atomic mass is 32.2. The third-order valence-corrected chi connectivity index (χ3v) is 3.98. The zero-order valence-corrected chi connectivity index (χ0v) is 10.4. The Morgan fingerprint density at radius 2 is 2.06 bits per heavy atom. The standard InChI is InChI=1S/C9H18N4O2S/c1-7-9(8(2)13-12-7)16(14,15)11-6-4-3-5-10/h11H,3-6,10H2,1-2H3,(H,12,13). The normalized spacial score (nSPS) is 11.9. The van der Waals surface area contributed by atoms with Crippen LogP contribution in [-0.4, -0.2) is 31.7 Å². The second kappa shape index (κ2) is 5.42. The highest BCUT2D eigenvalue weighted by Gasteiger charge is 2.21. The number of aromatic amines is 1. The van der Waals surface area contributed by atoms with Crippen molar-refractivity contribution >= 4 is 10.0 Å². The molecule has 0 bridgehead atoms. The first-order valence-corrected chi connectivity index (χ1v) is 6.68. The molecule has 0 radical (unpaired) electrons. The van der Waals surface area contributed by atoms with Crippen molar-refractivity contribution in [3.05, 3.63) is 11.4 Å². The van der Waals surface area contributed by atoms with Crippen LogP contribution in [0, 0.1) is 13.8 Å². The average Bonchev–Trinajstić information content (AvgIpc) is 2.54. The molecule has 0 atom stereocenters. The maximum atomic E-state index is 11.9. The largest absolute Gasteiger partial charge is 0.330 e. The number of H-pyrrole nitrogens is 1. The smallest absolute Gasteiger partial charge is 0.244 e. The Morgan fingerprint density at radius 1 is 1.38 bits per heavy atom. The lowest BCUT2D eigenvalue weighted by Crippen LogP contribution is -2.26. The predicted molar refractivity (Wildman–Crippen MR) is 61.5 cm³/mol. The molecule has 6 nitrogen and oxygen atoms in total. The number of sulfonamides is 1. The Bertz CT molecular complexity index is 419. The van der Waals surface area contributed by atoms with E-state index in [0.29, 0.717) is 24.5 Å². The summed E-state index contributed by atoms with van der Waals surface area (Å²) in [5, 5.41) is 6.52. The van der Waals surface area contributed by atoms with Gasteiger partial charge in [0.25, 0.3) is 0 Å². The fourth-order valence-corrected chi connectivity index (χ4v) is 2.93. The molecule has 0 aliphatic carbocycles. The highest BCUT2D eigenvalue weighted by Crippen LogP contribution is 2.15. The van der Waals surface area contributed by atoms with Crippen LogP contribution in [0.4, 0.5) is 0 Å². The second-order valence-corrected chi connectivity index (χ2v) is 5.36. The topological polar surface area (TPSA) is 101 Å². The van der Waals surface area contributed by atoms with Crippen LogP contribution in [0.5, 0.6) is 0 Å². The van der Waals surface area contributed by atoms with Gasteiger partial charge in [-0.25, -0.2) is 13.1 Å². The van der Waals surface area contributed by atoms with Gasteiger partial charge in [-0.1, -0.05) is 0 Å². The number of rotatable bonds is 6. The molecule has 1 aromatic heterocycles. The first kappa shape index (κ1) is 13.1. The van der Waals surface area contributed by atoms with Crippen molar-refractivity contribution in [3.8, 4) is 0 Å². The second-order valence-electron chi connectivity index (χ2n) is 3.66. The molecule has 0 unspecified atom stereocenters. The molecule has 0 aliphatic heterocycles. The van der Waals surface area contributed by atoms with Gasteiger partial charge in [0.05, 0.1) is 11.4 Å². The van der Waals surface area contributed by atoms with Crippen LogP contribution in [0.3, 0.4) is 0 Å². The minimum absolute atomic E-state index is 0.250. The van der Waals surface area contributed by atoms with Crippen molar-refractivity contribution in [2.75, 3.05) is 13.1 Å². The van der Waals surface area contributed by atoms with Crippen LogP contribution in [0.15, 0.2) is 4.90 Å². The summed E-state index contributed by atoms with van der Waals surface area (Å²) in [4.78, 5) is 0.250. The summed E-state index contributed by atoms with van der Waals surface area (Å²) in [5.74, 6) is 0. The van der Waals surface area contributed by atoms with Crippen molar-refractivity contribution in [2.24, 2.45) is 5.73 Å². The lowest BCUT2D eigenvalue weighted by Gasteiger charge is -2.06. The molecule has 0 saturated carbocycles. The van der Waals surface area contributed by atoms with Crippen LogP contribution < -0.4 is 10.5 Å². The molecule has 4 N–H and O–H groups in total. The van der Waals surface area contributed by atoms with Gasteiger partial charge in [-0.3, -0.25) is 5.10 Å². The summed E-state index contributed by atoms with van der Waals surface area (Å²) in [6.07, 6.45) is 1.55. The van der Waals surface area contributed by atoms with Gasteiger partial charge >= 0.3 is 0 Å². The van der Waals surface area contributed by atoms with Gasteiger partial charge in [0.1, 0.15) is 4.90 Å². The van der Waals surface area contributed by atoms with E-state index in [2.05, 4.69) is 14.9 Å². The van der Waals surface area contributed by atoms with Crippen molar-refractivity contribution < 1.29 is 8.42 Å².